The summed E-state index contributed by atoms with van der Waals surface area (Å²) in [6, 6.07) is 3.61. The molecule has 1 saturated carbocycles. The van der Waals surface area contributed by atoms with Gasteiger partial charge in [-0.3, -0.25) is 9.48 Å². The minimum atomic E-state index is -0.175. The lowest BCUT2D eigenvalue weighted by Gasteiger charge is -2.29. The van der Waals surface area contributed by atoms with Crippen molar-refractivity contribution in [2.75, 3.05) is 27.4 Å². The molecule has 2 heterocycles. The number of carbonyl (C=O) groups excluding carboxylic acids is 1. The fourth-order valence-corrected chi connectivity index (χ4v) is 3.28. The van der Waals surface area contributed by atoms with Crippen LogP contribution in [0.5, 0.6) is 5.75 Å². The van der Waals surface area contributed by atoms with Gasteiger partial charge in [-0.25, -0.2) is 9.67 Å². The van der Waals surface area contributed by atoms with E-state index in [2.05, 4.69) is 10.3 Å². The molecule has 1 N–H and O–H groups in total. The Labute approximate surface area is 159 Å². The van der Waals surface area contributed by atoms with Gasteiger partial charge >= 0.3 is 0 Å². The molecule has 0 spiro atoms. The average Bonchev–Trinajstić information content (AvgIpc) is 2.68. The second kappa shape index (κ2) is 9.05. The molecule has 0 radical (unpaired) electrons. The molecule has 0 bridgehead atoms. The molecule has 27 heavy (non-hydrogen) atoms. The van der Waals surface area contributed by atoms with Gasteiger partial charge in [0.2, 0.25) is 0 Å². The third-order valence-corrected chi connectivity index (χ3v) is 4.90. The zero-order valence-corrected chi connectivity index (χ0v) is 16.2. The van der Waals surface area contributed by atoms with Crippen molar-refractivity contribution in [2.45, 2.75) is 37.8 Å². The monoisotopic (exact) mass is 376 g/mol. The zero-order valence-electron chi connectivity index (χ0n) is 16.2. The maximum Gasteiger partial charge on any atom is 0.270 e. The van der Waals surface area contributed by atoms with E-state index in [0.717, 1.165) is 25.7 Å². The Morgan fingerprint density at radius 3 is 2.56 bits per heavy atom. The van der Waals surface area contributed by atoms with Crippen LogP contribution >= 0.6 is 0 Å². The molecule has 0 atom stereocenters. The molecule has 8 nitrogen and oxygen atoms in total. The standard InChI is InChI=1S/C19H28N4O4/c1-22-8-9-23(22)18-13-16(26-3)12-17(21-18)19(24)20-14-4-6-15(7-5-14)27-11-10-25-2/h8-9,12-15H,4-7,10-11H2,1-3H3,(H,20,24). The number of carbonyl (C=O) groups is 1. The number of pyridine rings is 1. The third-order valence-electron chi connectivity index (χ3n) is 4.90. The summed E-state index contributed by atoms with van der Waals surface area (Å²) >= 11 is 0. The first-order valence-electron chi connectivity index (χ1n) is 9.28. The van der Waals surface area contributed by atoms with Crippen LogP contribution in [0, 0.1) is 0 Å². The number of aryl methyl sites for hydroxylation is 1. The van der Waals surface area contributed by atoms with Gasteiger partial charge in [0.1, 0.15) is 11.4 Å². The predicted molar refractivity (Wildman–Crippen MR) is 100 cm³/mol. The largest absolute Gasteiger partial charge is 0.497 e. The second-order valence-corrected chi connectivity index (χ2v) is 6.78. The summed E-state index contributed by atoms with van der Waals surface area (Å²) in [7, 11) is 5.17. The van der Waals surface area contributed by atoms with Gasteiger partial charge in [0.25, 0.3) is 5.91 Å². The summed E-state index contributed by atoms with van der Waals surface area (Å²) in [6.07, 6.45) is 7.73. The van der Waals surface area contributed by atoms with Crippen molar-refractivity contribution < 1.29 is 19.0 Å². The van der Waals surface area contributed by atoms with E-state index in [4.69, 9.17) is 14.2 Å². The average molecular weight is 376 g/mol. The van der Waals surface area contributed by atoms with E-state index in [1.165, 1.54) is 0 Å². The smallest absolute Gasteiger partial charge is 0.270 e. The molecule has 0 saturated heterocycles. The van der Waals surface area contributed by atoms with Gasteiger partial charge in [-0.15, -0.1) is 0 Å². The topological polar surface area (TPSA) is 79.5 Å². The number of nitrogens with one attached hydrogen (secondary N) is 1. The van der Waals surface area contributed by atoms with Crippen molar-refractivity contribution in [1.29, 1.82) is 0 Å². The minimum Gasteiger partial charge on any atom is -0.497 e. The number of ether oxygens (including phenoxy) is 3. The predicted octanol–water partition coefficient (Wildman–Crippen LogP) is 1.92. The fourth-order valence-electron chi connectivity index (χ4n) is 3.28. The van der Waals surface area contributed by atoms with Crippen LogP contribution in [-0.4, -0.2) is 59.8 Å². The summed E-state index contributed by atoms with van der Waals surface area (Å²) in [6.45, 7) is 1.23. The van der Waals surface area contributed by atoms with Crippen molar-refractivity contribution in [3.05, 3.63) is 30.2 Å². The molecule has 0 aromatic carbocycles. The van der Waals surface area contributed by atoms with Gasteiger partial charge in [0.05, 0.1) is 26.4 Å². The molecule has 2 aromatic heterocycles. The van der Waals surface area contributed by atoms with Crippen molar-refractivity contribution >= 4 is 5.91 Å². The van der Waals surface area contributed by atoms with E-state index in [9.17, 15) is 4.79 Å². The highest BCUT2D eigenvalue weighted by atomic mass is 16.5. The molecular weight excluding hydrogens is 348 g/mol. The number of hydrogen-bond acceptors (Lipinski definition) is 5. The van der Waals surface area contributed by atoms with Gasteiger partial charge in [-0.2, -0.15) is 0 Å². The molecule has 1 fully saturated rings. The summed E-state index contributed by atoms with van der Waals surface area (Å²) in [5, 5.41) is 3.10. The normalized spacial score (nSPS) is 19.8. The summed E-state index contributed by atoms with van der Waals surface area (Å²) in [4.78, 5) is 17.2. The molecule has 3 rings (SSSR count). The number of nitrogens with zero attached hydrogens (tertiary/aromatic N) is 3. The van der Waals surface area contributed by atoms with Crippen LogP contribution in [0.3, 0.4) is 0 Å². The molecule has 1 amide bonds. The SMILES string of the molecule is COCCOC1CCC(NC(=O)c2cc(OC)cc(-n3ccn3C)n2)CC1. The Hall–Kier alpha value is -2.32. The molecule has 0 unspecified atom stereocenters. The lowest BCUT2D eigenvalue weighted by Crippen LogP contribution is -2.39. The van der Waals surface area contributed by atoms with Gasteiger partial charge in [-0.05, 0) is 25.7 Å². The lowest BCUT2D eigenvalue weighted by molar-refractivity contribution is -0.00409. The third kappa shape index (κ3) is 4.90. The maximum absolute atomic E-state index is 12.7. The summed E-state index contributed by atoms with van der Waals surface area (Å²) in [5.41, 5.74) is 0.358. The Kier molecular flexibility index (Phi) is 6.52. The van der Waals surface area contributed by atoms with Crippen LogP contribution in [-0.2, 0) is 16.5 Å². The highest BCUT2D eigenvalue weighted by Crippen LogP contribution is 2.22. The van der Waals surface area contributed by atoms with E-state index in [0.29, 0.717) is 30.5 Å². The van der Waals surface area contributed by atoms with Crippen LogP contribution in [0.25, 0.3) is 5.82 Å². The molecule has 2 aromatic rings. The van der Waals surface area contributed by atoms with Gasteiger partial charge in [0, 0.05) is 44.7 Å². The van der Waals surface area contributed by atoms with E-state index >= 15 is 0 Å². The van der Waals surface area contributed by atoms with Crippen LogP contribution in [0.4, 0.5) is 0 Å². The van der Waals surface area contributed by atoms with Crippen molar-refractivity contribution in [3.8, 4) is 11.6 Å². The molecule has 1 aliphatic rings. The zero-order chi connectivity index (χ0) is 19.2. The van der Waals surface area contributed by atoms with Crippen LogP contribution in [0.1, 0.15) is 36.2 Å². The second-order valence-electron chi connectivity index (χ2n) is 6.78. The van der Waals surface area contributed by atoms with E-state index < -0.39 is 0 Å². The molecule has 1 aliphatic carbocycles. The Morgan fingerprint density at radius 2 is 1.96 bits per heavy atom. The Balaban J connectivity index is 1.59. The van der Waals surface area contributed by atoms with E-state index in [-0.39, 0.29) is 18.1 Å². The van der Waals surface area contributed by atoms with E-state index in [1.807, 2.05) is 28.8 Å². The number of aromatic nitrogens is 3. The molecule has 148 valence electrons. The Morgan fingerprint density at radius 1 is 1.19 bits per heavy atom. The van der Waals surface area contributed by atoms with Crippen molar-refractivity contribution in [2.24, 2.45) is 7.05 Å². The molecule has 0 aliphatic heterocycles. The first-order chi connectivity index (χ1) is 13.1. The molecule has 8 heteroatoms. The first-order valence-corrected chi connectivity index (χ1v) is 9.28. The maximum atomic E-state index is 12.7. The lowest BCUT2D eigenvalue weighted by atomic mass is 9.93. The van der Waals surface area contributed by atoms with Crippen LogP contribution < -0.4 is 10.1 Å². The number of rotatable bonds is 8. The quantitative estimate of drug-likeness (QED) is 0.712. The van der Waals surface area contributed by atoms with Crippen LogP contribution in [0.2, 0.25) is 0 Å². The van der Waals surface area contributed by atoms with E-state index in [1.54, 1.807) is 26.4 Å². The van der Waals surface area contributed by atoms with Crippen molar-refractivity contribution in [1.82, 2.24) is 19.7 Å². The number of amides is 1. The summed E-state index contributed by atoms with van der Waals surface area (Å²) < 4.78 is 19.9. The summed E-state index contributed by atoms with van der Waals surface area (Å²) in [5.74, 6) is 1.08. The van der Waals surface area contributed by atoms with Gasteiger partial charge in [0.15, 0.2) is 5.82 Å². The first kappa shape index (κ1) is 19.4. The fraction of sp³-hybridized carbons (Fsp3) is 0.579. The highest BCUT2D eigenvalue weighted by molar-refractivity contribution is 5.93. The van der Waals surface area contributed by atoms with Gasteiger partial charge in [-0.1, -0.05) is 0 Å². The minimum absolute atomic E-state index is 0.141. The Bertz CT molecular complexity index is 747. The van der Waals surface area contributed by atoms with Crippen LogP contribution in [0.15, 0.2) is 24.5 Å². The highest BCUT2D eigenvalue weighted by Gasteiger charge is 2.24. The number of hydrogen-bond donors (Lipinski definition) is 1. The van der Waals surface area contributed by atoms with Crippen molar-refractivity contribution in [3.63, 3.8) is 0 Å². The number of methoxy groups -OCH3 is 2. The molecular formula is C19H28N4O4. The van der Waals surface area contributed by atoms with Gasteiger partial charge < -0.3 is 19.5 Å².